The van der Waals surface area contributed by atoms with E-state index in [4.69, 9.17) is 4.98 Å². The highest BCUT2D eigenvalue weighted by atomic mass is 32.1. The van der Waals surface area contributed by atoms with Gasteiger partial charge in [0, 0.05) is 10.3 Å². The van der Waals surface area contributed by atoms with Crippen molar-refractivity contribution in [3.8, 4) is 0 Å². The molecular weight excluding hydrogens is 264 g/mol. The first-order chi connectivity index (χ1) is 9.90. The third-order valence-corrected chi connectivity index (χ3v) is 4.97. The van der Waals surface area contributed by atoms with E-state index in [1.807, 2.05) is 17.4 Å². The molecule has 1 unspecified atom stereocenters. The zero-order valence-corrected chi connectivity index (χ0v) is 12.0. The number of rotatable bonds is 2. The Labute approximate surface area is 122 Å². The van der Waals surface area contributed by atoms with E-state index in [1.165, 1.54) is 35.1 Å². The monoisotopic (exact) mass is 280 g/mol. The fourth-order valence-electron chi connectivity index (χ4n) is 2.96. The summed E-state index contributed by atoms with van der Waals surface area (Å²) in [6, 6.07) is 15.2. The van der Waals surface area contributed by atoms with E-state index in [1.54, 1.807) is 0 Å². The van der Waals surface area contributed by atoms with Gasteiger partial charge in [0.2, 0.25) is 0 Å². The highest BCUT2D eigenvalue weighted by Crippen LogP contribution is 2.35. The van der Waals surface area contributed by atoms with Crippen molar-refractivity contribution in [1.29, 1.82) is 0 Å². The third-order valence-electron chi connectivity index (χ3n) is 3.97. The molecule has 2 heterocycles. The molecule has 3 heteroatoms. The zero-order valence-electron chi connectivity index (χ0n) is 11.2. The van der Waals surface area contributed by atoms with E-state index in [0.29, 0.717) is 6.04 Å². The molecular formula is C17H16N2S. The number of aromatic nitrogens is 1. The Morgan fingerprint density at radius 3 is 3.05 bits per heavy atom. The molecule has 0 saturated carbocycles. The Kier molecular flexibility index (Phi) is 2.92. The maximum absolute atomic E-state index is 4.72. The van der Waals surface area contributed by atoms with Crippen LogP contribution in [0.2, 0.25) is 0 Å². The number of aryl methyl sites for hydroxylation is 1. The van der Waals surface area contributed by atoms with Crippen LogP contribution >= 0.6 is 11.3 Å². The first-order valence-corrected chi connectivity index (χ1v) is 7.97. The summed E-state index contributed by atoms with van der Waals surface area (Å²) in [5.41, 5.74) is 2.52. The molecule has 1 N–H and O–H groups in total. The van der Waals surface area contributed by atoms with Crippen LogP contribution in [0.4, 0.5) is 5.82 Å². The summed E-state index contributed by atoms with van der Waals surface area (Å²) in [5.74, 6) is 0.979. The van der Waals surface area contributed by atoms with Gasteiger partial charge in [-0.3, -0.25) is 0 Å². The topological polar surface area (TPSA) is 24.9 Å². The quantitative estimate of drug-likeness (QED) is 0.730. The van der Waals surface area contributed by atoms with Crippen LogP contribution in [0, 0.1) is 0 Å². The molecule has 0 fully saturated rings. The average Bonchev–Trinajstić information content (AvgIpc) is 2.97. The van der Waals surface area contributed by atoms with Gasteiger partial charge in [-0.2, -0.15) is 0 Å². The van der Waals surface area contributed by atoms with Crippen LogP contribution in [0.5, 0.6) is 0 Å². The van der Waals surface area contributed by atoms with Gasteiger partial charge < -0.3 is 5.32 Å². The summed E-state index contributed by atoms with van der Waals surface area (Å²) in [5, 5.41) is 7.01. The lowest BCUT2D eigenvalue weighted by Crippen LogP contribution is -2.16. The van der Waals surface area contributed by atoms with Gasteiger partial charge in [-0.15, -0.1) is 11.3 Å². The zero-order chi connectivity index (χ0) is 13.4. The van der Waals surface area contributed by atoms with Crippen molar-refractivity contribution in [1.82, 2.24) is 4.98 Å². The molecule has 2 aromatic heterocycles. The minimum absolute atomic E-state index is 0.415. The number of pyridine rings is 1. The smallest absolute Gasteiger partial charge is 0.127 e. The molecule has 1 aliphatic carbocycles. The van der Waals surface area contributed by atoms with Crippen molar-refractivity contribution in [2.24, 2.45) is 0 Å². The SMILES string of the molecule is c1ccc2nc(NC3CCCc4sccc43)ccc2c1. The van der Waals surface area contributed by atoms with Crippen molar-refractivity contribution < 1.29 is 0 Å². The second kappa shape index (κ2) is 4.91. The minimum atomic E-state index is 0.415. The van der Waals surface area contributed by atoms with Crippen LogP contribution in [0.1, 0.15) is 29.3 Å². The molecule has 0 radical (unpaired) electrons. The number of benzene rings is 1. The number of nitrogens with one attached hydrogen (secondary N) is 1. The van der Waals surface area contributed by atoms with Gasteiger partial charge in [0.15, 0.2) is 0 Å². The molecule has 0 spiro atoms. The van der Waals surface area contributed by atoms with Crippen molar-refractivity contribution in [3.05, 3.63) is 58.3 Å². The Bertz CT molecular complexity index is 747. The number of hydrogen-bond donors (Lipinski definition) is 1. The molecule has 0 bridgehead atoms. The van der Waals surface area contributed by atoms with Crippen molar-refractivity contribution in [3.63, 3.8) is 0 Å². The normalized spacial score (nSPS) is 17.9. The van der Waals surface area contributed by atoms with Gasteiger partial charge in [-0.25, -0.2) is 4.98 Å². The molecule has 0 aliphatic heterocycles. The number of para-hydroxylation sites is 1. The number of hydrogen-bond acceptors (Lipinski definition) is 3. The lowest BCUT2D eigenvalue weighted by molar-refractivity contribution is 0.607. The average molecular weight is 280 g/mol. The Hall–Kier alpha value is -1.87. The summed E-state index contributed by atoms with van der Waals surface area (Å²) in [4.78, 5) is 6.26. The van der Waals surface area contributed by atoms with Crippen LogP contribution in [-0.4, -0.2) is 4.98 Å². The summed E-state index contributed by atoms with van der Waals surface area (Å²) in [6.07, 6.45) is 3.69. The third kappa shape index (κ3) is 2.08. The second-order valence-electron chi connectivity index (χ2n) is 5.28. The first-order valence-electron chi connectivity index (χ1n) is 7.09. The highest BCUT2D eigenvalue weighted by molar-refractivity contribution is 7.10. The van der Waals surface area contributed by atoms with Crippen LogP contribution in [0.3, 0.4) is 0 Å². The second-order valence-corrected chi connectivity index (χ2v) is 6.28. The van der Waals surface area contributed by atoms with Gasteiger partial charge in [-0.1, -0.05) is 18.2 Å². The van der Waals surface area contributed by atoms with Crippen molar-refractivity contribution in [2.75, 3.05) is 5.32 Å². The standard InChI is InChI=1S/C17H16N2S/c1-2-5-14-12(4-1)8-9-17(18-14)19-15-6-3-7-16-13(15)10-11-20-16/h1-2,4-5,8-11,15H,3,6-7H2,(H,18,19). The lowest BCUT2D eigenvalue weighted by Gasteiger charge is -2.24. The highest BCUT2D eigenvalue weighted by Gasteiger charge is 2.21. The molecule has 2 nitrogen and oxygen atoms in total. The predicted octanol–water partition coefficient (Wildman–Crippen LogP) is 4.79. The molecule has 4 rings (SSSR count). The number of nitrogens with zero attached hydrogens (tertiary/aromatic N) is 1. The number of anilines is 1. The number of fused-ring (bicyclic) bond motifs is 2. The summed E-state index contributed by atoms with van der Waals surface area (Å²) < 4.78 is 0. The van der Waals surface area contributed by atoms with E-state index >= 15 is 0 Å². The number of thiophene rings is 1. The van der Waals surface area contributed by atoms with E-state index in [2.05, 4.69) is 47.1 Å². The molecule has 0 saturated heterocycles. The fraction of sp³-hybridized carbons (Fsp3) is 0.235. The maximum Gasteiger partial charge on any atom is 0.127 e. The molecule has 1 aromatic carbocycles. The molecule has 3 aromatic rings. The van der Waals surface area contributed by atoms with E-state index < -0.39 is 0 Å². The van der Waals surface area contributed by atoms with Crippen LogP contribution in [-0.2, 0) is 6.42 Å². The van der Waals surface area contributed by atoms with Gasteiger partial charge in [0.1, 0.15) is 5.82 Å². The first kappa shape index (κ1) is 11.9. The molecule has 20 heavy (non-hydrogen) atoms. The summed E-state index contributed by atoms with van der Waals surface area (Å²) in [6.45, 7) is 0. The van der Waals surface area contributed by atoms with Gasteiger partial charge in [-0.05, 0) is 54.5 Å². The molecule has 0 amide bonds. The van der Waals surface area contributed by atoms with Gasteiger partial charge >= 0.3 is 0 Å². The van der Waals surface area contributed by atoms with Crippen molar-refractivity contribution in [2.45, 2.75) is 25.3 Å². The maximum atomic E-state index is 4.72. The molecule has 100 valence electrons. The molecule has 1 atom stereocenters. The van der Waals surface area contributed by atoms with Crippen LogP contribution in [0.25, 0.3) is 10.9 Å². The largest absolute Gasteiger partial charge is 0.363 e. The lowest BCUT2D eigenvalue weighted by atomic mass is 9.94. The van der Waals surface area contributed by atoms with Gasteiger partial charge in [0.05, 0.1) is 11.6 Å². The minimum Gasteiger partial charge on any atom is -0.363 e. The Balaban J connectivity index is 1.65. The van der Waals surface area contributed by atoms with Crippen LogP contribution in [0.15, 0.2) is 47.8 Å². The Morgan fingerprint density at radius 2 is 2.05 bits per heavy atom. The summed E-state index contributed by atoms with van der Waals surface area (Å²) >= 11 is 1.88. The van der Waals surface area contributed by atoms with E-state index in [9.17, 15) is 0 Å². The Morgan fingerprint density at radius 1 is 1.10 bits per heavy atom. The predicted molar refractivity (Wildman–Crippen MR) is 85.4 cm³/mol. The van der Waals surface area contributed by atoms with Gasteiger partial charge in [0.25, 0.3) is 0 Å². The van der Waals surface area contributed by atoms with Crippen LogP contribution < -0.4 is 5.32 Å². The molecule has 1 aliphatic rings. The fourth-order valence-corrected chi connectivity index (χ4v) is 3.95. The van der Waals surface area contributed by atoms with E-state index in [-0.39, 0.29) is 0 Å². The van der Waals surface area contributed by atoms with E-state index in [0.717, 1.165) is 11.3 Å². The van der Waals surface area contributed by atoms with Crippen molar-refractivity contribution >= 4 is 28.1 Å². The summed E-state index contributed by atoms with van der Waals surface area (Å²) in [7, 11) is 0.